The lowest BCUT2D eigenvalue weighted by Crippen LogP contribution is -2.12. The molecule has 0 aliphatic carbocycles. The van der Waals surface area contributed by atoms with Crippen molar-refractivity contribution in [2.75, 3.05) is 11.8 Å². The summed E-state index contributed by atoms with van der Waals surface area (Å²) in [6.45, 7) is 0. The Morgan fingerprint density at radius 3 is 2.49 bits per heavy atom. The SMILES string of the molecule is COc1cc(-c2cc(F)cc(F)c2)c(C#N)cc1-c1nccc2cc(S(=O)(=O)Nc3nncs3)ccc12. The van der Waals surface area contributed by atoms with Crippen LogP contribution in [0.5, 0.6) is 5.75 Å². The molecule has 12 heteroatoms. The van der Waals surface area contributed by atoms with Gasteiger partial charge in [0.1, 0.15) is 22.9 Å². The molecule has 2 heterocycles. The number of methoxy groups -OCH3 is 1. The molecule has 0 aliphatic rings. The third-order valence-electron chi connectivity index (χ3n) is 5.52. The van der Waals surface area contributed by atoms with Gasteiger partial charge in [-0.3, -0.25) is 9.71 Å². The van der Waals surface area contributed by atoms with Crippen molar-refractivity contribution in [3.8, 4) is 34.2 Å². The number of hydrogen-bond acceptors (Lipinski definition) is 8. The summed E-state index contributed by atoms with van der Waals surface area (Å²) in [7, 11) is -2.48. The van der Waals surface area contributed by atoms with Crippen molar-refractivity contribution in [2.24, 2.45) is 0 Å². The minimum Gasteiger partial charge on any atom is -0.496 e. The van der Waals surface area contributed by atoms with Crippen molar-refractivity contribution in [1.82, 2.24) is 15.2 Å². The highest BCUT2D eigenvalue weighted by molar-refractivity contribution is 7.93. The van der Waals surface area contributed by atoms with Crippen LogP contribution in [-0.2, 0) is 10.0 Å². The number of rotatable bonds is 6. The lowest BCUT2D eigenvalue weighted by molar-refractivity contribution is 0.416. The van der Waals surface area contributed by atoms with Crippen LogP contribution in [0.15, 0.2) is 71.2 Å². The van der Waals surface area contributed by atoms with Crippen LogP contribution in [0, 0.1) is 23.0 Å². The molecular weight excluding hydrogens is 520 g/mol. The summed E-state index contributed by atoms with van der Waals surface area (Å²) in [4.78, 5) is 4.47. The molecule has 2 aromatic heterocycles. The predicted octanol–water partition coefficient (Wildman–Crippen LogP) is 5.38. The summed E-state index contributed by atoms with van der Waals surface area (Å²) in [6.07, 6.45) is 1.51. The van der Waals surface area contributed by atoms with Crippen LogP contribution in [0.25, 0.3) is 33.2 Å². The Bertz CT molecular complexity index is 1780. The maximum absolute atomic E-state index is 13.9. The number of pyridine rings is 1. The smallest absolute Gasteiger partial charge is 0.263 e. The Kier molecular flexibility index (Phi) is 6.24. The van der Waals surface area contributed by atoms with Gasteiger partial charge >= 0.3 is 0 Å². The maximum Gasteiger partial charge on any atom is 0.263 e. The highest BCUT2D eigenvalue weighted by Crippen LogP contribution is 2.39. The third kappa shape index (κ3) is 4.69. The molecule has 184 valence electrons. The second kappa shape index (κ2) is 9.53. The predicted molar refractivity (Wildman–Crippen MR) is 135 cm³/mol. The second-order valence-corrected chi connectivity index (χ2v) is 10.3. The van der Waals surface area contributed by atoms with Crippen LogP contribution in [-0.4, -0.2) is 30.7 Å². The average molecular weight is 536 g/mol. The number of aromatic nitrogens is 3. The summed E-state index contributed by atoms with van der Waals surface area (Å²) in [6, 6.07) is 14.3. The number of benzene rings is 3. The molecule has 0 unspecified atom stereocenters. The lowest BCUT2D eigenvalue weighted by Gasteiger charge is -2.15. The van der Waals surface area contributed by atoms with Gasteiger partial charge in [-0.15, -0.1) is 10.2 Å². The van der Waals surface area contributed by atoms with Crippen molar-refractivity contribution < 1.29 is 21.9 Å². The normalized spacial score (nSPS) is 11.3. The monoisotopic (exact) mass is 535 g/mol. The number of hydrogen-bond donors (Lipinski definition) is 1. The fourth-order valence-corrected chi connectivity index (χ4v) is 5.63. The van der Waals surface area contributed by atoms with Crippen LogP contribution >= 0.6 is 11.3 Å². The van der Waals surface area contributed by atoms with E-state index in [1.807, 2.05) is 0 Å². The molecule has 0 atom stereocenters. The van der Waals surface area contributed by atoms with E-state index in [1.165, 1.54) is 43.1 Å². The molecule has 0 amide bonds. The molecule has 0 radical (unpaired) electrons. The quantitative estimate of drug-likeness (QED) is 0.310. The zero-order valence-corrected chi connectivity index (χ0v) is 20.6. The van der Waals surface area contributed by atoms with Gasteiger partial charge in [-0.05, 0) is 53.4 Å². The topological polar surface area (TPSA) is 118 Å². The number of sulfonamides is 1. The number of fused-ring (bicyclic) bond motifs is 1. The van der Waals surface area contributed by atoms with Gasteiger partial charge in [0.25, 0.3) is 10.0 Å². The van der Waals surface area contributed by atoms with Crippen molar-refractivity contribution in [3.05, 3.63) is 83.5 Å². The highest BCUT2D eigenvalue weighted by atomic mass is 32.2. The van der Waals surface area contributed by atoms with Crippen LogP contribution in [0.1, 0.15) is 5.56 Å². The first-order chi connectivity index (χ1) is 17.8. The molecular formula is C25H15F2N5O3S2. The number of anilines is 1. The molecule has 1 N–H and O–H groups in total. The Labute approximate surface area is 213 Å². The van der Waals surface area contributed by atoms with Crippen molar-refractivity contribution >= 4 is 37.3 Å². The number of ether oxygens (including phenoxy) is 1. The van der Waals surface area contributed by atoms with Crippen LogP contribution in [0.2, 0.25) is 0 Å². The van der Waals surface area contributed by atoms with Crippen molar-refractivity contribution in [1.29, 1.82) is 5.26 Å². The molecule has 8 nitrogen and oxygen atoms in total. The Hall–Kier alpha value is -4.47. The fourth-order valence-electron chi connectivity index (χ4n) is 3.90. The molecule has 5 rings (SSSR count). The summed E-state index contributed by atoms with van der Waals surface area (Å²) in [5.74, 6) is -1.23. The third-order valence-corrected chi connectivity index (χ3v) is 7.59. The lowest BCUT2D eigenvalue weighted by atomic mass is 9.94. The molecule has 0 bridgehead atoms. The zero-order valence-electron chi connectivity index (χ0n) is 18.9. The first-order valence-corrected chi connectivity index (χ1v) is 12.9. The minimum atomic E-state index is -3.91. The fraction of sp³-hybridized carbons (Fsp3) is 0.0400. The molecule has 3 aromatic carbocycles. The van der Waals surface area contributed by atoms with Crippen molar-refractivity contribution in [3.63, 3.8) is 0 Å². The standard InChI is InChI=1S/C25H15F2N5O3S2/c1-35-23-11-21(15-6-17(26)10-18(27)7-15)16(12-28)9-22(23)24-20-3-2-19(8-14(20)4-5-29-24)37(33,34)32-25-31-30-13-36-25/h2-11,13H,1H3,(H,31,32). The van der Waals surface area contributed by atoms with E-state index in [9.17, 15) is 22.5 Å². The van der Waals surface area contributed by atoms with Crippen LogP contribution in [0.3, 0.4) is 0 Å². The van der Waals surface area contributed by atoms with Gasteiger partial charge in [-0.25, -0.2) is 17.2 Å². The van der Waals surface area contributed by atoms with E-state index in [4.69, 9.17) is 4.74 Å². The number of halogens is 2. The Morgan fingerprint density at radius 2 is 1.81 bits per heavy atom. The molecule has 0 fully saturated rings. The summed E-state index contributed by atoms with van der Waals surface area (Å²) < 4.78 is 61.3. The second-order valence-electron chi connectivity index (χ2n) is 7.76. The molecule has 0 aliphatic heterocycles. The van der Waals surface area contributed by atoms with E-state index < -0.39 is 21.7 Å². The minimum absolute atomic E-state index is 0.0144. The van der Waals surface area contributed by atoms with E-state index in [0.29, 0.717) is 27.8 Å². The number of nitriles is 1. The highest BCUT2D eigenvalue weighted by Gasteiger charge is 2.20. The largest absolute Gasteiger partial charge is 0.496 e. The van der Waals surface area contributed by atoms with Crippen molar-refractivity contribution in [2.45, 2.75) is 4.90 Å². The Balaban J connectivity index is 1.63. The van der Waals surface area contributed by atoms with E-state index in [1.54, 1.807) is 12.1 Å². The zero-order chi connectivity index (χ0) is 26.2. The van der Waals surface area contributed by atoms with Gasteiger partial charge in [0.2, 0.25) is 5.13 Å². The summed E-state index contributed by atoms with van der Waals surface area (Å²) >= 11 is 1.05. The Morgan fingerprint density at radius 1 is 1.03 bits per heavy atom. The first-order valence-electron chi connectivity index (χ1n) is 10.6. The van der Waals surface area contributed by atoms with Gasteiger partial charge in [-0.2, -0.15) is 5.26 Å². The van der Waals surface area contributed by atoms with E-state index in [-0.39, 0.29) is 26.7 Å². The van der Waals surface area contributed by atoms with Crippen LogP contribution < -0.4 is 9.46 Å². The molecule has 37 heavy (non-hydrogen) atoms. The number of nitrogens with one attached hydrogen (secondary N) is 1. The van der Waals surface area contributed by atoms with Gasteiger partial charge in [0.15, 0.2) is 0 Å². The van der Waals surface area contributed by atoms with Gasteiger partial charge < -0.3 is 4.74 Å². The van der Waals surface area contributed by atoms with Gasteiger partial charge in [0.05, 0.1) is 29.3 Å². The number of nitrogens with zero attached hydrogens (tertiary/aromatic N) is 4. The first kappa shape index (κ1) is 24.2. The maximum atomic E-state index is 13.9. The molecule has 5 aromatic rings. The van der Waals surface area contributed by atoms with Gasteiger partial charge in [-0.1, -0.05) is 17.4 Å². The van der Waals surface area contributed by atoms with Gasteiger partial charge in [0, 0.05) is 28.8 Å². The molecule has 0 saturated heterocycles. The summed E-state index contributed by atoms with van der Waals surface area (Å²) in [5.41, 5.74) is 2.92. The summed E-state index contributed by atoms with van der Waals surface area (Å²) in [5, 5.41) is 18.5. The van der Waals surface area contributed by atoms with Crippen LogP contribution in [0.4, 0.5) is 13.9 Å². The molecule has 0 spiro atoms. The van der Waals surface area contributed by atoms with E-state index >= 15 is 0 Å². The molecule has 0 saturated carbocycles. The van der Waals surface area contributed by atoms with E-state index in [0.717, 1.165) is 29.5 Å². The van der Waals surface area contributed by atoms with E-state index in [2.05, 4.69) is 26.0 Å². The average Bonchev–Trinajstić information content (AvgIpc) is 3.39.